The lowest BCUT2D eigenvalue weighted by molar-refractivity contribution is 0.244. The zero-order valence-corrected chi connectivity index (χ0v) is 12.5. The molecule has 0 bridgehead atoms. The summed E-state index contributed by atoms with van der Waals surface area (Å²) >= 11 is 0. The van der Waals surface area contributed by atoms with Gasteiger partial charge in [-0.05, 0) is 30.9 Å². The molecule has 1 aromatic carbocycles. The van der Waals surface area contributed by atoms with E-state index in [4.69, 9.17) is 0 Å². The van der Waals surface area contributed by atoms with E-state index in [-0.39, 0.29) is 11.4 Å². The second-order valence-corrected chi connectivity index (χ2v) is 6.76. The van der Waals surface area contributed by atoms with E-state index in [9.17, 15) is 4.39 Å². The first kappa shape index (κ1) is 13.9. The smallest absolute Gasteiger partial charge is 0.146 e. The van der Waals surface area contributed by atoms with Crippen LogP contribution in [-0.4, -0.2) is 24.7 Å². The van der Waals surface area contributed by atoms with E-state index in [0.717, 1.165) is 18.8 Å². The van der Waals surface area contributed by atoms with Crippen molar-refractivity contribution in [2.45, 2.75) is 51.1 Å². The number of benzene rings is 1. The summed E-state index contributed by atoms with van der Waals surface area (Å²) in [6.45, 7) is 6.36. The zero-order chi connectivity index (χ0) is 14.2. The topological polar surface area (TPSA) is 15.3 Å². The molecule has 1 spiro atoms. The van der Waals surface area contributed by atoms with Crippen molar-refractivity contribution in [1.82, 2.24) is 5.32 Å². The van der Waals surface area contributed by atoms with Crippen molar-refractivity contribution in [2.75, 3.05) is 18.0 Å². The normalized spacial score (nSPS) is 25.6. The van der Waals surface area contributed by atoms with Gasteiger partial charge in [-0.2, -0.15) is 0 Å². The van der Waals surface area contributed by atoms with E-state index in [2.05, 4.69) is 24.1 Å². The second kappa shape index (κ2) is 5.36. The average Bonchev–Trinajstić information content (AvgIpc) is 2.87. The molecule has 0 radical (unpaired) electrons. The van der Waals surface area contributed by atoms with Crippen LogP contribution in [0.2, 0.25) is 0 Å². The molecule has 110 valence electrons. The van der Waals surface area contributed by atoms with E-state index < -0.39 is 0 Å². The van der Waals surface area contributed by atoms with Crippen molar-refractivity contribution in [1.29, 1.82) is 0 Å². The molecule has 1 N–H and O–H groups in total. The molecule has 2 fully saturated rings. The Morgan fingerprint density at radius 2 is 1.95 bits per heavy atom. The molecule has 0 aromatic heterocycles. The first-order valence-corrected chi connectivity index (χ1v) is 7.87. The Morgan fingerprint density at radius 1 is 1.25 bits per heavy atom. The van der Waals surface area contributed by atoms with Crippen LogP contribution in [0.15, 0.2) is 24.3 Å². The molecule has 1 atom stereocenters. The van der Waals surface area contributed by atoms with Crippen LogP contribution >= 0.6 is 0 Å². The highest BCUT2D eigenvalue weighted by atomic mass is 19.1. The average molecular weight is 276 g/mol. The lowest BCUT2D eigenvalue weighted by atomic mass is 9.88. The van der Waals surface area contributed by atoms with Crippen molar-refractivity contribution in [3.8, 4) is 0 Å². The number of hydrogen-bond donors (Lipinski definition) is 1. The lowest BCUT2D eigenvalue weighted by Crippen LogP contribution is -2.64. The summed E-state index contributed by atoms with van der Waals surface area (Å²) in [7, 11) is 0. The van der Waals surface area contributed by atoms with Gasteiger partial charge < -0.3 is 10.2 Å². The predicted octanol–water partition coefficient (Wildman–Crippen LogP) is 3.57. The quantitative estimate of drug-likeness (QED) is 0.888. The zero-order valence-electron chi connectivity index (χ0n) is 12.5. The van der Waals surface area contributed by atoms with Crippen LogP contribution in [0.5, 0.6) is 0 Å². The van der Waals surface area contributed by atoms with Crippen LogP contribution in [0.4, 0.5) is 10.1 Å². The molecule has 2 aliphatic rings. The standard InChI is InChI=1S/C17H25FN2/c1-13(2)16-11-19-17(9-5-6-10-17)12-20(16)15-8-4-3-7-14(15)18/h3-4,7-8,13,16,19H,5-6,9-12H2,1-2H3. The highest BCUT2D eigenvalue weighted by Gasteiger charge is 2.42. The largest absolute Gasteiger partial charge is 0.363 e. The van der Waals surface area contributed by atoms with Gasteiger partial charge in [-0.25, -0.2) is 4.39 Å². The van der Waals surface area contributed by atoms with E-state index in [1.807, 2.05) is 12.1 Å². The van der Waals surface area contributed by atoms with Crippen LogP contribution in [0, 0.1) is 11.7 Å². The highest BCUT2D eigenvalue weighted by molar-refractivity contribution is 5.50. The maximum atomic E-state index is 14.2. The van der Waals surface area contributed by atoms with Crippen molar-refractivity contribution in [3.05, 3.63) is 30.1 Å². The monoisotopic (exact) mass is 276 g/mol. The molecule has 1 saturated carbocycles. The number of hydrogen-bond acceptors (Lipinski definition) is 2. The molecule has 1 aromatic rings. The fourth-order valence-electron chi connectivity index (χ4n) is 3.86. The molecule has 1 heterocycles. The lowest BCUT2D eigenvalue weighted by Gasteiger charge is -2.49. The Kier molecular flexibility index (Phi) is 3.72. The summed E-state index contributed by atoms with van der Waals surface area (Å²) in [5, 5.41) is 3.78. The summed E-state index contributed by atoms with van der Waals surface area (Å²) in [4.78, 5) is 2.32. The van der Waals surface area contributed by atoms with E-state index in [1.165, 1.54) is 25.7 Å². The molecule has 3 heteroatoms. The Hall–Kier alpha value is -1.09. The number of nitrogens with one attached hydrogen (secondary N) is 1. The first-order chi connectivity index (χ1) is 9.61. The third-order valence-corrected chi connectivity index (χ3v) is 5.05. The summed E-state index contributed by atoms with van der Waals surface area (Å²) in [5.41, 5.74) is 0.993. The molecule has 1 saturated heterocycles. The van der Waals surface area contributed by atoms with E-state index in [0.29, 0.717) is 12.0 Å². The maximum Gasteiger partial charge on any atom is 0.146 e. The van der Waals surface area contributed by atoms with Crippen molar-refractivity contribution < 1.29 is 4.39 Å². The number of rotatable bonds is 2. The molecule has 2 nitrogen and oxygen atoms in total. The summed E-state index contributed by atoms with van der Waals surface area (Å²) in [6.07, 6.45) is 5.04. The van der Waals surface area contributed by atoms with Crippen LogP contribution in [0.3, 0.4) is 0 Å². The number of halogens is 1. The summed E-state index contributed by atoms with van der Waals surface area (Å²) in [6, 6.07) is 7.60. The van der Waals surface area contributed by atoms with Gasteiger partial charge in [0.15, 0.2) is 0 Å². The highest BCUT2D eigenvalue weighted by Crippen LogP contribution is 2.36. The SMILES string of the molecule is CC(C)C1CNC2(CCCC2)CN1c1ccccc1F. The van der Waals surface area contributed by atoms with Gasteiger partial charge in [0.05, 0.1) is 5.69 Å². The third-order valence-electron chi connectivity index (χ3n) is 5.05. The van der Waals surface area contributed by atoms with Crippen LogP contribution in [0.25, 0.3) is 0 Å². The van der Waals surface area contributed by atoms with Gasteiger partial charge >= 0.3 is 0 Å². The van der Waals surface area contributed by atoms with Gasteiger partial charge in [-0.1, -0.05) is 38.8 Å². The number of anilines is 1. The van der Waals surface area contributed by atoms with Crippen LogP contribution < -0.4 is 10.2 Å². The predicted molar refractivity (Wildman–Crippen MR) is 81.6 cm³/mol. The Morgan fingerprint density at radius 3 is 2.60 bits per heavy atom. The third kappa shape index (κ3) is 2.44. The van der Waals surface area contributed by atoms with Gasteiger partial charge in [0.1, 0.15) is 5.82 Å². The van der Waals surface area contributed by atoms with Gasteiger partial charge in [0.2, 0.25) is 0 Å². The fraction of sp³-hybridized carbons (Fsp3) is 0.647. The molecule has 3 rings (SSSR count). The summed E-state index contributed by atoms with van der Waals surface area (Å²) in [5.74, 6) is 0.425. The Labute approximate surface area is 121 Å². The number of nitrogens with zero attached hydrogens (tertiary/aromatic N) is 1. The number of piperazine rings is 1. The molecule has 20 heavy (non-hydrogen) atoms. The molecule has 1 unspecified atom stereocenters. The van der Waals surface area contributed by atoms with Gasteiger partial charge in [-0.3, -0.25) is 0 Å². The van der Waals surface area contributed by atoms with Crippen LogP contribution in [0.1, 0.15) is 39.5 Å². The first-order valence-electron chi connectivity index (χ1n) is 7.87. The summed E-state index contributed by atoms with van der Waals surface area (Å²) < 4.78 is 14.2. The van der Waals surface area contributed by atoms with Gasteiger partial charge in [-0.15, -0.1) is 0 Å². The Bertz CT molecular complexity index is 466. The molecular formula is C17H25FN2. The van der Waals surface area contributed by atoms with Crippen molar-refractivity contribution in [2.24, 2.45) is 5.92 Å². The molecule has 1 aliphatic heterocycles. The minimum Gasteiger partial charge on any atom is -0.363 e. The minimum atomic E-state index is -0.0896. The van der Waals surface area contributed by atoms with E-state index >= 15 is 0 Å². The fourth-order valence-corrected chi connectivity index (χ4v) is 3.86. The van der Waals surface area contributed by atoms with Crippen LogP contribution in [-0.2, 0) is 0 Å². The second-order valence-electron chi connectivity index (χ2n) is 6.76. The molecular weight excluding hydrogens is 251 g/mol. The molecule has 0 amide bonds. The molecule has 1 aliphatic carbocycles. The van der Waals surface area contributed by atoms with Crippen molar-refractivity contribution in [3.63, 3.8) is 0 Å². The van der Waals surface area contributed by atoms with Gasteiger partial charge in [0, 0.05) is 24.7 Å². The Balaban J connectivity index is 1.92. The van der Waals surface area contributed by atoms with Crippen molar-refractivity contribution >= 4 is 5.69 Å². The van der Waals surface area contributed by atoms with E-state index in [1.54, 1.807) is 12.1 Å². The maximum absolute atomic E-state index is 14.2. The van der Waals surface area contributed by atoms with Gasteiger partial charge in [0.25, 0.3) is 0 Å². The number of para-hydroxylation sites is 1. The minimum absolute atomic E-state index is 0.0896.